The highest BCUT2D eigenvalue weighted by molar-refractivity contribution is 5.39. The van der Waals surface area contributed by atoms with E-state index in [-0.39, 0.29) is 0 Å². The first-order chi connectivity index (χ1) is 7.80. The minimum absolute atomic E-state index is 0.295. The maximum Gasteiger partial charge on any atom is 0.00720 e. The van der Waals surface area contributed by atoms with E-state index in [4.69, 9.17) is 0 Å². The summed E-state index contributed by atoms with van der Waals surface area (Å²) >= 11 is 0. The molecule has 0 saturated heterocycles. The van der Waals surface area contributed by atoms with Gasteiger partial charge < -0.3 is 0 Å². The fraction of sp³-hybridized carbons (Fsp3) is 0.765. The molecule has 0 bridgehead atoms. The molecule has 0 amide bonds. The second kappa shape index (κ2) is 5.00. The van der Waals surface area contributed by atoms with Gasteiger partial charge in [0, 0.05) is 5.92 Å². The summed E-state index contributed by atoms with van der Waals surface area (Å²) in [4.78, 5) is 0. The summed E-state index contributed by atoms with van der Waals surface area (Å²) in [6.45, 7) is 16.5. The summed E-state index contributed by atoms with van der Waals surface area (Å²) in [6.07, 6.45) is 8.50. The van der Waals surface area contributed by atoms with E-state index in [1.165, 1.54) is 19.3 Å². The first kappa shape index (κ1) is 14.5. The maximum absolute atomic E-state index is 2.46. The van der Waals surface area contributed by atoms with Crippen LogP contribution in [0.2, 0.25) is 0 Å². The predicted molar refractivity (Wildman–Crippen MR) is 78.1 cm³/mol. The molecule has 0 aromatic carbocycles. The van der Waals surface area contributed by atoms with Gasteiger partial charge >= 0.3 is 0 Å². The van der Waals surface area contributed by atoms with Gasteiger partial charge in [-0.3, -0.25) is 0 Å². The summed E-state index contributed by atoms with van der Waals surface area (Å²) in [5, 5.41) is 0. The van der Waals surface area contributed by atoms with Crippen LogP contribution in [0.25, 0.3) is 0 Å². The summed E-state index contributed by atoms with van der Waals surface area (Å²) < 4.78 is 0. The molecule has 0 aliphatic heterocycles. The highest BCUT2D eigenvalue weighted by Crippen LogP contribution is 2.51. The van der Waals surface area contributed by atoms with Crippen molar-refractivity contribution in [3.05, 3.63) is 23.3 Å². The van der Waals surface area contributed by atoms with E-state index in [0.29, 0.717) is 16.7 Å². The Balaban J connectivity index is 3.15. The first-order valence-electron chi connectivity index (χ1n) is 7.21. The average molecular weight is 234 g/mol. The fourth-order valence-electron chi connectivity index (χ4n) is 3.08. The van der Waals surface area contributed by atoms with Crippen molar-refractivity contribution in [2.45, 2.75) is 67.7 Å². The fourth-order valence-corrected chi connectivity index (χ4v) is 3.08. The highest BCUT2D eigenvalue weighted by Gasteiger charge is 2.40. The standard InChI is InChI=1S/C17H30/c1-8-13-11-12-14(16(4,5)6)15(13)17(7,9-2)10-3/h11-12,15H,8-10H2,1-7H3. The Hall–Kier alpha value is -0.520. The molecule has 98 valence electrons. The van der Waals surface area contributed by atoms with E-state index >= 15 is 0 Å². The molecular formula is C17H30. The zero-order chi connectivity index (χ0) is 13.3. The molecule has 0 spiro atoms. The second-order valence-corrected chi connectivity index (χ2v) is 6.76. The number of allylic oxidation sites excluding steroid dienone is 4. The molecule has 0 aromatic heterocycles. The summed E-state index contributed by atoms with van der Waals surface area (Å²) in [6, 6.07) is 0. The lowest BCUT2D eigenvalue weighted by Gasteiger charge is -2.41. The third kappa shape index (κ3) is 2.67. The molecule has 17 heavy (non-hydrogen) atoms. The Kier molecular flexibility index (Phi) is 4.28. The van der Waals surface area contributed by atoms with E-state index in [1.54, 1.807) is 11.1 Å². The van der Waals surface area contributed by atoms with Crippen LogP contribution in [0.15, 0.2) is 23.3 Å². The van der Waals surface area contributed by atoms with Gasteiger partial charge in [0.15, 0.2) is 0 Å². The van der Waals surface area contributed by atoms with Crippen LogP contribution < -0.4 is 0 Å². The summed E-state index contributed by atoms with van der Waals surface area (Å²) in [7, 11) is 0. The van der Waals surface area contributed by atoms with Crippen LogP contribution in [0.4, 0.5) is 0 Å². The van der Waals surface area contributed by atoms with Crippen LogP contribution in [0.3, 0.4) is 0 Å². The molecule has 0 heterocycles. The molecule has 1 rings (SSSR count). The lowest BCUT2D eigenvalue weighted by atomic mass is 9.63. The summed E-state index contributed by atoms with van der Waals surface area (Å²) in [5.41, 5.74) is 4.00. The van der Waals surface area contributed by atoms with Crippen molar-refractivity contribution in [3.63, 3.8) is 0 Å². The predicted octanol–water partition coefficient (Wildman–Crippen LogP) is 5.75. The van der Waals surface area contributed by atoms with Crippen molar-refractivity contribution in [3.8, 4) is 0 Å². The van der Waals surface area contributed by atoms with Gasteiger partial charge in [-0.25, -0.2) is 0 Å². The molecule has 0 nitrogen and oxygen atoms in total. The highest BCUT2D eigenvalue weighted by atomic mass is 14.4. The van der Waals surface area contributed by atoms with Gasteiger partial charge in [-0.2, -0.15) is 0 Å². The minimum atomic E-state index is 0.295. The Morgan fingerprint density at radius 2 is 1.47 bits per heavy atom. The van der Waals surface area contributed by atoms with Crippen molar-refractivity contribution < 1.29 is 0 Å². The molecule has 0 N–H and O–H groups in total. The molecule has 1 atom stereocenters. The van der Waals surface area contributed by atoms with Crippen molar-refractivity contribution >= 4 is 0 Å². The average Bonchev–Trinajstić information content (AvgIpc) is 2.71. The van der Waals surface area contributed by atoms with Gasteiger partial charge in [-0.15, -0.1) is 0 Å². The molecule has 0 radical (unpaired) electrons. The summed E-state index contributed by atoms with van der Waals surface area (Å²) in [5.74, 6) is 0.669. The van der Waals surface area contributed by atoms with Crippen LogP contribution in [0.1, 0.15) is 67.7 Å². The molecule has 0 aromatic rings. The van der Waals surface area contributed by atoms with Crippen LogP contribution >= 0.6 is 0 Å². The molecule has 1 aliphatic carbocycles. The Bertz CT molecular complexity index is 318. The number of hydrogen-bond donors (Lipinski definition) is 0. The maximum atomic E-state index is 2.46. The van der Waals surface area contributed by atoms with Gasteiger partial charge in [0.25, 0.3) is 0 Å². The molecule has 1 aliphatic rings. The Morgan fingerprint density at radius 3 is 1.82 bits per heavy atom. The molecule has 0 heteroatoms. The number of rotatable bonds is 4. The van der Waals surface area contributed by atoms with Crippen LogP contribution in [-0.2, 0) is 0 Å². The monoisotopic (exact) mass is 234 g/mol. The molecule has 0 fully saturated rings. The van der Waals surface area contributed by atoms with E-state index in [9.17, 15) is 0 Å². The lowest BCUT2D eigenvalue weighted by molar-refractivity contribution is 0.204. The molecule has 0 saturated carbocycles. The Morgan fingerprint density at radius 1 is 0.941 bits per heavy atom. The lowest BCUT2D eigenvalue weighted by Crippen LogP contribution is -2.32. The van der Waals surface area contributed by atoms with Crippen molar-refractivity contribution in [1.29, 1.82) is 0 Å². The van der Waals surface area contributed by atoms with Crippen molar-refractivity contribution in [1.82, 2.24) is 0 Å². The second-order valence-electron chi connectivity index (χ2n) is 6.76. The molecule has 1 unspecified atom stereocenters. The Labute approximate surface area is 108 Å². The van der Waals surface area contributed by atoms with Crippen LogP contribution in [-0.4, -0.2) is 0 Å². The zero-order valence-electron chi connectivity index (χ0n) is 12.9. The third-order valence-corrected chi connectivity index (χ3v) is 4.75. The zero-order valence-corrected chi connectivity index (χ0v) is 12.9. The topological polar surface area (TPSA) is 0 Å². The normalized spacial score (nSPS) is 21.5. The van der Waals surface area contributed by atoms with Crippen LogP contribution in [0, 0.1) is 16.7 Å². The first-order valence-corrected chi connectivity index (χ1v) is 7.21. The van der Waals surface area contributed by atoms with E-state index in [2.05, 4.69) is 60.6 Å². The third-order valence-electron chi connectivity index (χ3n) is 4.75. The largest absolute Gasteiger partial charge is 0.0648 e. The quantitative estimate of drug-likeness (QED) is 0.581. The van der Waals surface area contributed by atoms with Gasteiger partial charge in [0.2, 0.25) is 0 Å². The minimum Gasteiger partial charge on any atom is -0.0648 e. The van der Waals surface area contributed by atoms with Gasteiger partial charge in [-0.05, 0) is 30.1 Å². The van der Waals surface area contributed by atoms with Gasteiger partial charge in [-0.1, -0.05) is 71.8 Å². The van der Waals surface area contributed by atoms with E-state index in [0.717, 1.165) is 0 Å². The molecular weight excluding hydrogens is 204 g/mol. The van der Waals surface area contributed by atoms with Crippen LogP contribution in [0.5, 0.6) is 0 Å². The SMILES string of the molecule is CCC1=CC=C(C(C)(C)C)C1C(C)(CC)CC. The smallest absolute Gasteiger partial charge is 0.00720 e. The van der Waals surface area contributed by atoms with Crippen molar-refractivity contribution in [2.75, 3.05) is 0 Å². The van der Waals surface area contributed by atoms with E-state index < -0.39 is 0 Å². The van der Waals surface area contributed by atoms with Crippen molar-refractivity contribution in [2.24, 2.45) is 16.7 Å². The van der Waals surface area contributed by atoms with E-state index in [1.807, 2.05) is 0 Å². The number of hydrogen-bond acceptors (Lipinski definition) is 0. The van der Waals surface area contributed by atoms with Gasteiger partial charge in [0.05, 0.1) is 0 Å². The van der Waals surface area contributed by atoms with Gasteiger partial charge in [0.1, 0.15) is 0 Å².